The van der Waals surface area contributed by atoms with Gasteiger partial charge in [0.25, 0.3) is 5.91 Å². The van der Waals surface area contributed by atoms with Gasteiger partial charge in [0.2, 0.25) is 5.90 Å². The van der Waals surface area contributed by atoms with Crippen molar-refractivity contribution in [3.63, 3.8) is 0 Å². The lowest BCUT2D eigenvalue weighted by Crippen LogP contribution is -2.51. The van der Waals surface area contributed by atoms with Crippen molar-refractivity contribution in [3.8, 4) is 5.75 Å². The molecule has 2 atom stereocenters. The molecule has 0 radical (unpaired) electrons. The Morgan fingerprint density at radius 1 is 1.28 bits per heavy atom. The van der Waals surface area contributed by atoms with Crippen molar-refractivity contribution in [2.75, 3.05) is 19.8 Å². The number of carbonyl (C=O) groups is 1. The standard InChI is InChI=1S/C25H29ClN2O4/c1-3-14-25(24(30)27-15-13-19-5-9-21(26)10-6-19)18(2)32-23(28-25)20-7-11-22(12-8-20)31-17-4-16-29/h3,5-12,18,29H,1,4,13-17H2,2H3,(H,27,30)/t18-,25-/m1/s1. The highest BCUT2D eigenvalue weighted by atomic mass is 35.5. The van der Waals surface area contributed by atoms with E-state index < -0.39 is 11.6 Å². The van der Waals surface area contributed by atoms with E-state index in [9.17, 15) is 4.79 Å². The molecule has 3 rings (SSSR count). The molecule has 0 saturated carbocycles. The number of nitrogens with zero attached hydrogens (tertiary/aromatic N) is 1. The molecule has 1 aliphatic rings. The first-order valence-corrected chi connectivity index (χ1v) is 11.1. The summed E-state index contributed by atoms with van der Waals surface area (Å²) < 4.78 is 11.6. The first kappa shape index (κ1) is 23.8. The highest BCUT2D eigenvalue weighted by Gasteiger charge is 2.49. The average molecular weight is 457 g/mol. The number of hydrogen-bond acceptors (Lipinski definition) is 5. The van der Waals surface area contributed by atoms with Crippen LogP contribution in [0.15, 0.2) is 66.2 Å². The lowest BCUT2D eigenvalue weighted by Gasteiger charge is -2.26. The molecule has 2 aromatic carbocycles. The van der Waals surface area contributed by atoms with E-state index in [0.29, 0.717) is 49.1 Å². The van der Waals surface area contributed by atoms with Gasteiger partial charge in [-0.1, -0.05) is 29.8 Å². The largest absolute Gasteiger partial charge is 0.494 e. The predicted molar refractivity (Wildman–Crippen MR) is 126 cm³/mol. The van der Waals surface area contributed by atoms with Crippen molar-refractivity contribution >= 4 is 23.4 Å². The SMILES string of the molecule is C=CC[C@@]1(C(=O)NCCc2ccc(Cl)cc2)N=C(c2ccc(OCCCO)cc2)O[C@@H]1C. The molecule has 7 heteroatoms. The molecule has 1 heterocycles. The normalized spacial score (nSPS) is 19.7. The predicted octanol–water partition coefficient (Wildman–Crippen LogP) is 3.94. The third kappa shape index (κ3) is 5.69. The smallest absolute Gasteiger partial charge is 0.252 e. The number of carbonyl (C=O) groups excluding carboxylic acids is 1. The summed E-state index contributed by atoms with van der Waals surface area (Å²) in [4.78, 5) is 17.9. The number of aliphatic hydroxyl groups excluding tert-OH is 1. The van der Waals surface area contributed by atoms with Crippen LogP contribution in [-0.2, 0) is 16.0 Å². The van der Waals surface area contributed by atoms with E-state index in [0.717, 1.165) is 11.1 Å². The van der Waals surface area contributed by atoms with Crippen LogP contribution in [0.5, 0.6) is 5.75 Å². The molecule has 2 aromatic rings. The van der Waals surface area contributed by atoms with Gasteiger partial charge in [-0.25, -0.2) is 4.99 Å². The third-order valence-corrected chi connectivity index (χ3v) is 5.65. The summed E-state index contributed by atoms with van der Waals surface area (Å²) >= 11 is 5.93. The van der Waals surface area contributed by atoms with Gasteiger partial charge in [-0.05, 0) is 55.3 Å². The number of hydrogen-bond donors (Lipinski definition) is 2. The molecule has 170 valence electrons. The van der Waals surface area contributed by atoms with Crippen LogP contribution in [0.2, 0.25) is 5.02 Å². The van der Waals surface area contributed by atoms with Crippen LogP contribution in [0.4, 0.5) is 0 Å². The molecule has 1 amide bonds. The Kier molecular flexibility index (Phi) is 8.31. The van der Waals surface area contributed by atoms with Crippen LogP contribution in [0.1, 0.15) is 30.9 Å². The van der Waals surface area contributed by atoms with Crippen LogP contribution in [0.25, 0.3) is 0 Å². The second-order valence-corrected chi connectivity index (χ2v) is 8.11. The van der Waals surface area contributed by atoms with Crippen LogP contribution >= 0.6 is 11.6 Å². The van der Waals surface area contributed by atoms with Crippen molar-refractivity contribution in [3.05, 3.63) is 77.3 Å². The van der Waals surface area contributed by atoms with Gasteiger partial charge >= 0.3 is 0 Å². The van der Waals surface area contributed by atoms with Crippen LogP contribution in [0, 0.1) is 0 Å². The minimum absolute atomic E-state index is 0.0910. The average Bonchev–Trinajstić information content (AvgIpc) is 3.13. The molecule has 0 unspecified atom stereocenters. The fraction of sp³-hybridized carbons (Fsp3) is 0.360. The Morgan fingerprint density at radius 3 is 2.66 bits per heavy atom. The van der Waals surface area contributed by atoms with Crippen molar-refractivity contribution in [1.29, 1.82) is 0 Å². The molecule has 0 bridgehead atoms. The van der Waals surface area contributed by atoms with Crippen LogP contribution < -0.4 is 10.1 Å². The molecular formula is C25H29ClN2O4. The lowest BCUT2D eigenvalue weighted by atomic mass is 9.89. The number of benzene rings is 2. The van der Waals surface area contributed by atoms with Crippen LogP contribution in [0.3, 0.4) is 0 Å². The summed E-state index contributed by atoms with van der Waals surface area (Å²) in [5.41, 5.74) is 0.799. The fourth-order valence-corrected chi connectivity index (χ4v) is 3.65. The number of amides is 1. The highest BCUT2D eigenvalue weighted by molar-refractivity contribution is 6.30. The summed E-state index contributed by atoms with van der Waals surface area (Å²) in [5, 5.41) is 12.6. The van der Waals surface area contributed by atoms with Gasteiger partial charge in [-0.3, -0.25) is 4.79 Å². The molecule has 0 saturated heterocycles. The number of nitrogens with one attached hydrogen (secondary N) is 1. The second-order valence-electron chi connectivity index (χ2n) is 7.68. The van der Waals surface area contributed by atoms with Crippen molar-refractivity contribution < 1.29 is 19.4 Å². The number of rotatable bonds is 11. The van der Waals surface area contributed by atoms with Crippen molar-refractivity contribution in [1.82, 2.24) is 5.32 Å². The van der Waals surface area contributed by atoms with Gasteiger partial charge in [0, 0.05) is 36.6 Å². The number of ether oxygens (including phenoxy) is 2. The molecule has 0 aliphatic carbocycles. The number of aliphatic hydroxyl groups is 1. The summed E-state index contributed by atoms with van der Waals surface area (Å²) in [6.07, 6.45) is 2.89. The maximum absolute atomic E-state index is 13.2. The molecule has 0 fully saturated rings. The Bertz CT molecular complexity index is 943. The van der Waals surface area contributed by atoms with Crippen molar-refractivity contribution in [2.24, 2.45) is 4.99 Å². The van der Waals surface area contributed by atoms with E-state index in [2.05, 4.69) is 11.9 Å². The molecule has 0 aromatic heterocycles. The first-order valence-electron chi connectivity index (χ1n) is 10.7. The molecule has 1 aliphatic heterocycles. The Balaban J connectivity index is 1.69. The van der Waals surface area contributed by atoms with E-state index in [1.807, 2.05) is 55.5 Å². The van der Waals surface area contributed by atoms with Gasteiger partial charge in [-0.15, -0.1) is 6.58 Å². The number of halogens is 1. The monoisotopic (exact) mass is 456 g/mol. The maximum atomic E-state index is 13.2. The minimum atomic E-state index is -1.06. The van der Waals surface area contributed by atoms with Gasteiger partial charge in [-0.2, -0.15) is 0 Å². The zero-order valence-corrected chi connectivity index (χ0v) is 19.0. The zero-order chi connectivity index (χ0) is 23.0. The summed E-state index contributed by atoms with van der Waals surface area (Å²) in [6, 6.07) is 14.9. The Hall–Kier alpha value is -2.83. The lowest BCUT2D eigenvalue weighted by molar-refractivity contribution is -0.128. The summed E-state index contributed by atoms with van der Waals surface area (Å²) in [6.45, 7) is 6.69. The molecule has 6 nitrogen and oxygen atoms in total. The Labute approximate surface area is 193 Å². The molecule has 32 heavy (non-hydrogen) atoms. The number of aliphatic imine (C=N–C) groups is 1. The fourth-order valence-electron chi connectivity index (χ4n) is 3.53. The molecular weight excluding hydrogens is 428 g/mol. The summed E-state index contributed by atoms with van der Waals surface area (Å²) in [7, 11) is 0. The molecule has 2 N–H and O–H groups in total. The second kappa shape index (κ2) is 11.2. The topological polar surface area (TPSA) is 80.2 Å². The minimum Gasteiger partial charge on any atom is -0.494 e. The van der Waals surface area contributed by atoms with E-state index in [-0.39, 0.29) is 12.5 Å². The van der Waals surface area contributed by atoms with E-state index in [1.54, 1.807) is 6.08 Å². The van der Waals surface area contributed by atoms with Crippen LogP contribution in [-0.4, -0.2) is 48.3 Å². The highest BCUT2D eigenvalue weighted by Crippen LogP contribution is 2.32. The summed E-state index contributed by atoms with van der Waals surface area (Å²) in [5.74, 6) is 0.943. The van der Waals surface area contributed by atoms with Gasteiger partial charge in [0.1, 0.15) is 11.9 Å². The molecule has 0 spiro atoms. The quantitative estimate of drug-likeness (QED) is 0.396. The van der Waals surface area contributed by atoms with Gasteiger partial charge < -0.3 is 19.9 Å². The van der Waals surface area contributed by atoms with E-state index in [4.69, 9.17) is 31.2 Å². The van der Waals surface area contributed by atoms with Crippen molar-refractivity contribution in [2.45, 2.75) is 37.8 Å². The van der Waals surface area contributed by atoms with Gasteiger partial charge in [0.05, 0.1) is 6.61 Å². The van der Waals surface area contributed by atoms with E-state index >= 15 is 0 Å². The maximum Gasteiger partial charge on any atom is 0.252 e. The third-order valence-electron chi connectivity index (χ3n) is 5.40. The zero-order valence-electron chi connectivity index (χ0n) is 18.2. The van der Waals surface area contributed by atoms with E-state index in [1.165, 1.54) is 0 Å². The first-order chi connectivity index (χ1) is 15.5. The Morgan fingerprint density at radius 2 is 2.00 bits per heavy atom. The van der Waals surface area contributed by atoms with Gasteiger partial charge in [0.15, 0.2) is 5.54 Å².